The Bertz CT molecular complexity index is 1440. The smallest absolute Gasteiger partial charge is 0.261 e. The molecule has 0 radical (unpaired) electrons. The lowest BCUT2D eigenvalue weighted by Gasteiger charge is -2.14. The summed E-state index contributed by atoms with van der Waals surface area (Å²) in [6, 6.07) is 9.68. The number of nitrogens with one attached hydrogen (secondary N) is 4. The third-order valence-corrected chi connectivity index (χ3v) is 7.23. The third kappa shape index (κ3) is 7.69. The first-order valence-corrected chi connectivity index (χ1v) is 13.3. The van der Waals surface area contributed by atoms with Gasteiger partial charge in [-0.15, -0.1) is 11.3 Å². The molecule has 0 aliphatic carbocycles. The zero-order valence-corrected chi connectivity index (χ0v) is 21.0. The van der Waals surface area contributed by atoms with Crippen molar-refractivity contribution in [3.63, 3.8) is 0 Å². The fraction of sp³-hybridized carbons (Fsp3) is 0.167. The number of nitrogens with zero attached hydrogens (tertiary/aromatic N) is 1. The molecule has 0 aliphatic heterocycles. The molecule has 37 heavy (non-hydrogen) atoms. The molecular formula is C24H24N6O5S2. The summed E-state index contributed by atoms with van der Waals surface area (Å²) in [6.07, 6.45) is 3.63. The predicted octanol–water partition coefficient (Wildman–Crippen LogP) is 1.71. The number of rotatable bonds is 11. The van der Waals surface area contributed by atoms with Crippen molar-refractivity contribution in [3.05, 3.63) is 76.2 Å². The summed E-state index contributed by atoms with van der Waals surface area (Å²) in [5.74, 6) is 3.68. The number of nitrogens with two attached hydrogens (primary N) is 1. The number of pyridine rings is 1. The molecule has 0 saturated heterocycles. The molecule has 11 nitrogen and oxygen atoms in total. The maximum Gasteiger partial charge on any atom is 0.261 e. The van der Waals surface area contributed by atoms with Gasteiger partial charge in [0.25, 0.3) is 10.0 Å². The number of hydroxylamine groups is 1. The molecule has 7 N–H and O–H groups in total. The highest BCUT2D eigenvalue weighted by atomic mass is 32.2. The maximum atomic E-state index is 13.0. The minimum Gasteiger partial charge on any atom is -0.370 e. The molecule has 1 aromatic carbocycles. The molecule has 2 heterocycles. The first-order valence-electron chi connectivity index (χ1n) is 10.9. The SMILES string of the molecule is N=C(N)NCCC[C@H](NO)C(=O)C(=O)c1sccc1NS(=O)(=O)c1cccc(C#Cc2cccnc2)c1. The molecule has 0 aliphatic rings. The van der Waals surface area contributed by atoms with Crippen LogP contribution in [-0.2, 0) is 14.8 Å². The Morgan fingerprint density at radius 2 is 1.92 bits per heavy atom. The number of Topliss-reactive ketones (excluding diaryl/α,β-unsaturated/α-hetero) is 2. The second kappa shape index (κ2) is 12.7. The maximum absolute atomic E-state index is 13.0. The molecule has 13 heteroatoms. The Morgan fingerprint density at radius 3 is 2.62 bits per heavy atom. The van der Waals surface area contributed by atoms with Gasteiger partial charge in [0.2, 0.25) is 11.6 Å². The number of hydrogen-bond acceptors (Lipinski definition) is 9. The van der Waals surface area contributed by atoms with Crippen LogP contribution in [0, 0.1) is 17.3 Å². The predicted molar refractivity (Wildman–Crippen MR) is 139 cm³/mol. The minimum atomic E-state index is -4.11. The van der Waals surface area contributed by atoms with Crippen molar-refractivity contribution in [3.8, 4) is 11.8 Å². The Hall–Kier alpha value is -4.09. The molecule has 3 aromatic rings. The van der Waals surface area contributed by atoms with Crippen LogP contribution in [0.1, 0.15) is 33.6 Å². The van der Waals surface area contributed by atoms with Gasteiger partial charge in [-0.1, -0.05) is 17.9 Å². The van der Waals surface area contributed by atoms with Crippen molar-refractivity contribution in [1.82, 2.24) is 15.8 Å². The van der Waals surface area contributed by atoms with E-state index in [1.807, 2.05) is 5.48 Å². The monoisotopic (exact) mass is 540 g/mol. The van der Waals surface area contributed by atoms with Crippen LogP contribution in [-0.4, -0.2) is 48.7 Å². The fourth-order valence-corrected chi connectivity index (χ4v) is 5.12. The number of ketones is 2. The zero-order chi connectivity index (χ0) is 26.8. The van der Waals surface area contributed by atoms with E-state index >= 15 is 0 Å². The van der Waals surface area contributed by atoms with Gasteiger partial charge in [0.15, 0.2) is 5.96 Å². The number of hydrogen-bond donors (Lipinski definition) is 6. The largest absolute Gasteiger partial charge is 0.370 e. The Kier molecular flexibility index (Phi) is 9.47. The number of sulfonamides is 1. The lowest BCUT2D eigenvalue weighted by atomic mass is 10.0. The van der Waals surface area contributed by atoms with Crippen LogP contribution in [0.3, 0.4) is 0 Å². The van der Waals surface area contributed by atoms with Crippen molar-refractivity contribution < 1.29 is 23.2 Å². The van der Waals surface area contributed by atoms with Crippen molar-refractivity contribution >= 4 is 44.6 Å². The van der Waals surface area contributed by atoms with E-state index in [0.717, 1.165) is 11.3 Å². The average Bonchev–Trinajstić information content (AvgIpc) is 3.34. The van der Waals surface area contributed by atoms with Gasteiger partial charge in [0, 0.05) is 30.1 Å². The van der Waals surface area contributed by atoms with Gasteiger partial charge in [-0.05, 0) is 54.6 Å². The second-order valence-electron chi connectivity index (χ2n) is 7.65. The number of benzene rings is 1. The Morgan fingerprint density at radius 1 is 1.16 bits per heavy atom. The number of anilines is 1. The van der Waals surface area contributed by atoms with Gasteiger partial charge < -0.3 is 16.3 Å². The number of carbonyl (C=O) groups excluding carboxylic acids is 2. The molecule has 0 spiro atoms. The second-order valence-corrected chi connectivity index (χ2v) is 10.2. The zero-order valence-electron chi connectivity index (χ0n) is 19.4. The molecule has 0 saturated carbocycles. The van der Waals surface area contributed by atoms with Crippen molar-refractivity contribution in [2.75, 3.05) is 11.3 Å². The van der Waals surface area contributed by atoms with Crippen molar-refractivity contribution in [1.29, 1.82) is 5.41 Å². The molecule has 1 atom stereocenters. The number of aromatic nitrogens is 1. The molecule has 2 aromatic heterocycles. The molecular weight excluding hydrogens is 516 g/mol. The summed E-state index contributed by atoms with van der Waals surface area (Å²) in [6.45, 7) is 0.269. The van der Waals surface area contributed by atoms with E-state index in [-0.39, 0.29) is 34.4 Å². The summed E-state index contributed by atoms with van der Waals surface area (Å²) in [5, 5.41) is 20.5. The van der Waals surface area contributed by atoms with Crippen LogP contribution in [0.5, 0.6) is 0 Å². The highest BCUT2D eigenvalue weighted by molar-refractivity contribution is 7.92. The van der Waals surface area contributed by atoms with Crippen LogP contribution >= 0.6 is 11.3 Å². The van der Waals surface area contributed by atoms with Crippen LogP contribution in [0.2, 0.25) is 0 Å². The molecule has 0 fully saturated rings. The van der Waals surface area contributed by atoms with Gasteiger partial charge in [-0.25, -0.2) is 8.42 Å². The standard InChI is InChI=1S/C24H24N6O5S2/c25-24(26)28-12-3-7-19(29-33)21(31)22(32)23-20(10-13-36-23)30-37(34,35)18-6-1-4-16(14-18)8-9-17-5-2-11-27-15-17/h1-2,4-6,10-11,13-15,19,29-30,33H,3,7,12H2,(H4,25,26,28)/t19-/m0/s1. The minimum absolute atomic E-state index is 0.0508. The Balaban J connectivity index is 1.74. The summed E-state index contributed by atoms with van der Waals surface area (Å²) >= 11 is 0.899. The molecule has 192 valence electrons. The van der Waals surface area contributed by atoms with Crippen LogP contribution in [0.25, 0.3) is 0 Å². The molecule has 0 unspecified atom stereocenters. The average molecular weight is 541 g/mol. The van der Waals surface area contributed by atoms with Crippen molar-refractivity contribution in [2.45, 2.75) is 23.8 Å². The van der Waals surface area contributed by atoms with E-state index in [4.69, 9.17) is 11.1 Å². The summed E-state index contributed by atoms with van der Waals surface area (Å²) in [4.78, 5) is 29.3. The number of carbonyl (C=O) groups is 2. The molecule has 0 bridgehead atoms. The van der Waals surface area contributed by atoms with E-state index in [9.17, 15) is 23.2 Å². The van der Waals surface area contributed by atoms with E-state index in [1.165, 1.54) is 23.6 Å². The van der Waals surface area contributed by atoms with E-state index in [2.05, 4.69) is 26.9 Å². The van der Waals surface area contributed by atoms with Gasteiger partial charge in [-0.3, -0.25) is 24.7 Å². The summed E-state index contributed by atoms with van der Waals surface area (Å²) in [7, 11) is -4.11. The quantitative estimate of drug-likeness (QED) is 0.0400. The first-order chi connectivity index (χ1) is 17.7. The lowest BCUT2D eigenvalue weighted by Crippen LogP contribution is -2.40. The third-order valence-electron chi connectivity index (χ3n) is 4.95. The van der Waals surface area contributed by atoms with Gasteiger partial charge in [0.05, 0.1) is 16.6 Å². The number of guanidine groups is 1. The van der Waals surface area contributed by atoms with E-state index < -0.39 is 27.6 Å². The summed E-state index contributed by atoms with van der Waals surface area (Å²) < 4.78 is 28.4. The molecule has 0 amide bonds. The highest BCUT2D eigenvalue weighted by Gasteiger charge is 2.29. The lowest BCUT2D eigenvalue weighted by molar-refractivity contribution is -0.119. The van der Waals surface area contributed by atoms with Gasteiger partial charge in [0.1, 0.15) is 4.88 Å². The van der Waals surface area contributed by atoms with Crippen LogP contribution in [0.15, 0.2) is 65.1 Å². The Labute approximate surface area is 217 Å². The number of thiophene rings is 1. The highest BCUT2D eigenvalue weighted by Crippen LogP contribution is 2.27. The van der Waals surface area contributed by atoms with Crippen molar-refractivity contribution in [2.24, 2.45) is 5.73 Å². The first kappa shape index (κ1) is 27.5. The van der Waals surface area contributed by atoms with E-state index in [0.29, 0.717) is 17.5 Å². The normalized spacial score (nSPS) is 11.6. The summed E-state index contributed by atoms with van der Waals surface area (Å²) in [5.41, 5.74) is 8.09. The van der Waals surface area contributed by atoms with Gasteiger partial charge in [-0.2, -0.15) is 5.48 Å². The fourth-order valence-electron chi connectivity index (χ4n) is 3.14. The topological polar surface area (TPSA) is 187 Å². The van der Waals surface area contributed by atoms with Crippen LogP contribution < -0.4 is 21.3 Å². The molecule has 3 rings (SSSR count). The van der Waals surface area contributed by atoms with E-state index in [1.54, 1.807) is 36.7 Å². The van der Waals surface area contributed by atoms with Crippen LogP contribution in [0.4, 0.5) is 5.69 Å². The van der Waals surface area contributed by atoms with Gasteiger partial charge >= 0.3 is 0 Å².